The summed E-state index contributed by atoms with van der Waals surface area (Å²) < 4.78 is 18.7. The van der Waals surface area contributed by atoms with Crippen molar-refractivity contribution in [2.24, 2.45) is 5.73 Å². The molecule has 0 saturated carbocycles. The van der Waals surface area contributed by atoms with E-state index < -0.39 is 17.6 Å². The van der Waals surface area contributed by atoms with Crippen molar-refractivity contribution in [3.05, 3.63) is 35.1 Å². The first kappa shape index (κ1) is 12.7. The van der Waals surface area contributed by atoms with E-state index in [0.29, 0.717) is 5.56 Å². The van der Waals surface area contributed by atoms with Gasteiger partial charge in [-0.15, -0.1) is 0 Å². The number of nitrogens with zero attached hydrogens (tertiary/aromatic N) is 1. The van der Waals surface area contributed by atoms with E-state index in [1.165, 1.54) is 6.07 Å². The van der Waals surface area contributed by atoms with Gasteiger partial charge in [0.1, 0.15) is 19.0 Å². The molecule has 1 heterocycles. The average Bonchev–Trinajstić information content (AvgIpc) is 2.36. The third kappa shape index (κ3) is 2.39. The molecule has 1 aromatic carbocycles. The number of imide groups is 1. The van der Waals surface area contributed by atoms with Gasteiger partial charge in [0.25, 0.3) is 11.8 Å². The molecule has 2 amide bonds. The first-order chi connectivity index (χ1) is 8.63. The maximum atomic E-state index is 13.9. The lowest BCUT2D eigenvalue weighted by Gasteiger charge is -2.25. The highest BCUT2D eigenvalue weighted by atomic mass is 19.1. The molecule has 0 unspecified atom stereocenters. The summed E-state index contributed by atoms with van der Waals surface area (Å²) >= 11 is 0. The van der Waals surface area contributed by atoms with Crippen molar-refractivity contribution in [2.75, 3.05) is 13.2 Å². The zero-order valence-corrected chi connectivity index (χ0v) is 9.69. The Morgan fingerprint density at radius 2 is 1.83 bits per heavy atom. The molecule has 2 N–H and O–H groups in total. The second kappa shape index (κ2) is 5.24. The van der Waals surface area contributed by atoms with E-state index in [9.17, 15) is 14.0 Å². The zero-order valence-electron chi connectivity index (χ0n) is 9.69. The minimum absolute atomic E-state index is 0.0741. The third-order valence-electron chi connectivity index (χ3n) is 2.76. The Morgan fingerprint density at radius 3 is 2.44 bits per heavy atom. The fraction of sp³-hybridized carbons (Fsp3) is 0.333. The Morgan fingerprint density at radius 1 is 1.22 bits per heavy atom. The van der Waals surface area contributed by atoms with Gasteiger partial charge in [-0.1, -0.05) is 18.2 Å². The Balaban J connectivity index is 2.23. The van der Waals surface area contributed by atoms with Gasteiger partial charge in [0, 0.05) is 17.7 Å². The smallest absolute Gasteiger partial charge is 0.255 e. The van der Waals surface area contributed by atoms with Crippen molar-refractivity contribution in [2.45, 2.75) is 13.1 Å². The molecule has 1 aromatic rings. The van der Waals surface area contributed by atoms with E-state index in [1.54, 1.807) is 12.1 Å². The molecule has 1 saturated heterocycles. The second-order valence-corrected chi connectivity index (χ2v) is 3.96. The fourth-order valence-electron chi connectivity index (χ4n) is 1.78. The van der Waals surface area contributed by atoms with Crippen LogP contribution in [0.1, 0.15) is 11.1 Å². The molecular formula is C12H13FN2O3. The molecule has 6 heteroatoms. The number of carbonyl (C=O) groups excluding carboxylic acids is 2. The number of benzene rings is 1. The van der Waals surface area contributed by atoms with Crippen molar-refractivity contribution in [1.29, 1.82) is 0 Å². The van der Waals surface area contributed by atoms with Gasteiger partial charge in [-0.05, 0) is 0 Å². The lowest BCUT2D eigenvalue weighted by atomic mass is 10.1. The molecule has 1 aliphatic rings. The Bertz CT molecular complexity index is 474. The summed E-state index contributed by atoms with van der Waals surface area (Å²) in [5.41, 5.74) is 6.04. The highest BCUT2D eigenvalue weighted by molar-refractivity contribution is 5.98. The van der Waals surface area contributed by atoms with Crippen molar-refractivity contribution in [3.8, 4) is 0 Å². The summed E-state index contributed by atoms with van der Waals surface area (Å²) in [6.07, 6.45) is 0. The van der Waals surface area contributed by atoms with Crippen LogP contribution >= 0.6 is 0 Å². The Kier molecular flexibility index (Phi) is 3.69. The molecule has 0 bridgehead atoms. The second-order valence-electron chi connectivity index (χ2n) is 3.96. The fourth-order valence-corrected chi connectivity index (χ4v) is 1.78. The maximum Gasteiger partial charge on any atom is 0.255 e. The highest BCUT2D eigenvalue weighted by Crippen LogP contribution is 2.16. The summed E-state index contributed by atoms with van der Waals surface area (Å²) in [4.78, 5) is 24.0. The molecule has 0 aromatic heterocycles. The molecule has 1 aliphatic heterocycles. The normalized spacial score (nSPS) is 16.2. The van der Waals surface area contributed by atoms with Gasteiger partial charge in [0.2, 0.25) is 0 Å². The van der Waals surface area contributed by atoms with E-state index in [1.807, 2.05) is 0 Å². The average molecular weight is 252 g/mol. The molecule has 5 nitrogen and oxygen atoms in total. The Hall–Kier alpha value is -1.79. The van der Waals surface area contributed by atoms with Crippen LogP contribution in [-0.2, 0) is 27.4 Å². The highest BCUT2D eigenvalue weighted by Gasteiger charge is 2.27. The van der Waals surface area contributed by atoms with Crippen LogP contribution in [0, 0.1) is 5.82 Å². The van der Waals surface area contributed by atoms with Crippen LogP contribution in [0.4, 0.5) is 4.39 Å². The van der Waals surface area contributed by atoms with Gasteiger partial charge in [-0.25, -0.2) is 4.39 Å². The number of hydrogen-bond donors (Lipinski definition) is 1. The van der Waals surface area contributed by atoms with Crippen LogP contribution in [0.15, 0.2) is 18.2 Å². The SMILES string of the molecule is NCc1cccc(CN2C(=O)COCC2=O)c1F. The van der Waals surface area contributed by atoms with Crippen molar-refractivity contribution >= 4 is 11.8 Å². The molecule has 96 valence electrons. The van der Waals surface area contributed by atoms with Gasteiger partial charge in [-0.3, -0.25) is 14.5 Å². The van der Waals surface area contributed by atoms with Gasteiger partial charge in [0.15, 0.2) is 0 Å². The first-order valence-electron chi connectivity index (χ1n) is 5.50. The van der Waals surface area contributed by atoms with Crippen LogP contribution in [0.2, 0.25) is 0 Å². The maximum absolute atomic E-state index is 13.9. The van der Waals surface area contributed by atoms with Crippen LogP contribution < -0.4 is 5.73 Å². The third-order valence-corrected chi connectivity index (χ3v) is 2.76. The molecule has 18 heavy (non-hydrogen) atoms. The number of amides is 2. The van der Waals surface area contributed by atoms with Crippen LogP contribution in [0.5, 0.6) is 0 Å². The number of carbonyl (C=O) groups is 2. The predicted molar refractivity (Wildman–Crippen MR) is 60.7 cm³/mol. The largest absolute Gasteiger partial charge is 0.362 e. The molecule has 0 aliphatic carbocycles. The summed E-state index contributed by atoms with van der Waals surface area (Å²) in [7, 11) is 0. The summed E-state index contributed by atoms with van der Waals surface area (Å²) in [6, 6.07) is 4.75. The minimum atomic E-state index is -0.466. The van der Waals surface area contributed by atoms with E-state index in [0.717, 1.165) is 4.90 Å². The number of ether oxygens (including phenoxy) is 1. The number of nitrogens with two attached hydrogens (primary N) is 1. The standard InChI is InChI=1S/C12H13FN2O3/c13-12-8(4-14)2-1-3-9(12)5-15-10(16)6-18-7-11(15)17/h1-3H,4-7,14H2. The van der Waals surface area contributed by atoms with Crippen molar-refractivity contribution in [1.82, 2.24) is 4.90 Å². The van der Waals surface area contributed by atoms with Crippen LogP contribution in [-0.4, -0.2) is 29.9 Å². The number of hydrogen-bond acceptors (Lipinski definition) is 4. The molecule has 2 rings (SSSR count). The predicted octanol–water partition coefficient (Wildman–Crippen LogP) is 0.170. The van der Waals surface area contributed by atoms with E-state index >= 15 is 0 Å². The minimum Gasteiger partial charge on any atom is -0.362 e. The number of morpholine rings is 1. The monoisotopic (exact) mass is 252 g/mol. The van der Waals surface area contributed by atoms with E-state index in [4.69, 9.17) is 10.5 Å². The van der Waals surface area contributed by atoms with Crippen LogP contribution in [0.25, 0.3) is 0 Å². The summed E-state index contributed by atoms with van der Waals surface area (Å²) in [5, 5.41) is 0. The van der Waals surface area contributed by atoms with Gasteiger partial charge in [0.05, 0.1) is 6.54 Å². The molecular weight excluding hydrogens is 239 g/mol. The molecule has 1 fully saturated rings. The van der Waals surface area contributed by atoms with Crippen molar-refractivity contribution in [3.63, 3.8) is 0 Å². The molecule has 0 atom stereocenters. The van der Waals surface area contributed by atoms with Gasteiger partial charge in [-0.2, -0.15) is 0 Å². The number of halogens is 1. The topological polar surface area (TPSA) is 72.6 Å². The van der Waals surface area contributed by atoms with E-state index in [-0.39, 0.29) is 31.9 Å². The molecule has 0 spiro atoms. The van der Waals surface area contributed by atoms with Gasteiger partial charge >= 0.3 is 0 Å². The van der Waals surface area contributed by atoms with Gasteiger partial charge < -0.3 is 10.5 Å². The zero-order chi connectivity index (χ0) is 13.1. The lowest BCUT2D eigenvalue weighted by Crippen LogP contribution is -2.45. The molecule has 0 radical (unpaired) electrons. The van der Waals surface area contributed by atoms with E-state index in [2.05, 4.69) is 0 Å². The summed E-state index contributed by atoms with van der Waals surface area (Å²) in [5.74, 6) is -1.38. The Labute approximate surface area is 103 Å². The number of rotatable bonds is 3. The van der Waals surface area contributed by atoms with Crippen LogP contribution in [0.3, 0.4) is 0 Å². The first-order valence-corrected chi connectivity index (χ1v) is 5.50. The quantitative estimate of drug-likeness (QED) is 0.778. The lowest BCUT2D eigenvalue weighted by molar-refractivity contribution is -0.159. The van der Waals surface area contributed by atoms with Crippen molar-refractivity contribution < 1.29 is 18.7 Å². The summed E-state index contributed by atoms with van der Waals surface area (Å²) in [6.45, 7) is -0.306.